The Kier molecular flexibility index (Phi) is 8.89. The van der Waals surface area contributed by atoms with Crippen molar-refractivity contribution in [1.82, 2.24) is 20.5 Å². The Morgan fingerprint density at radius 1 is 0.976 bits per heavy atom. The highest BCUT2D eigenvalue weighted by atomic mass is 16.7. The summed E-state index contributed by atoms with van der Waals surface area (Å²) >= 11 is 0. The van der Waals surface area contributed by atoms with Gasteiger partial charge >= 0.3 is 0 Å². The van der Waals surface area contributed by atoms with E-state index in [4.69, 9.17) is 14.2 Å². The average Bonchev–Trinajstić information content (AvgIpc) is 3.28. The van der Waals surface area contributed by atoms with Crippen LogP contribution in [-0.4, -0.2) is 79.8 Å². The van der Waals surface area contributed by atoms with Crippen molar-refractivity contribution in [1.29, 1.82) is 0 Å². The van der Waals surface area contributed by atoms with Gasteiger partial charge in [-0.25, -0.2) is 4.98 Å². The van der Waals surface area contributed by atoms with Gasteiger partial charge in [0.05, 0.1) is 37.5 Å². The molecule has 0 spiro atoms. The summed E-state index contributed by atoms with van der Waals surface area (Å²) in [5.41, 5.74) is 2.69. The van der Waals surface area contributed by atoms with Crippen molar-refractivity contribution in [3.63, 3.8) is 0 Å². The summed E-state index contributed by atoms with van der Waals surface area (Å²) in [4.78, 5) is 56.5. The largest absolute Gasteiger partial charge is 0.496 e. The van der Waals surface area contributed by atoms with Crippen LogP contribution in [0.1, 0.15) is 65.7 Å². The van der Waals surface area contributed by atoms with E-state index in [-0.39, 0.29) is 36.6 Å². The number of para-hydroxylation sites is 1. The molecule has 3 heterocycles. The Hall–Kier alpha value is -4.61. The summed E-state index contributed by atoms with van der Waals surface area (Å²) in [5.74, 6) is -0.707. The van der Waals surface area contributed by atoms with Crippen LogP contribution in [0.2, 0.25) is 0 Å². The molecule has 11 heteroatoms. The molecule has 1 saturated heterocycles. The molecule has 1 fully saturated rings. The molecule has 11 nitrogen and oxygen atoms in total. The third kappa shape index (κ3) is 6.17. The number of nitrogens with one attached hydrogen (secondary N) is 2. The predicted molar refractivity (Wildman–Crippen MR) is 151 cm³/mol. The van der Waals surface area contributed by atoms with E-state index < -0.39 is 18.2 Å². The van der Waals surface area contributed by atoms with Crippen LogP contribution in [-0.2, 0) is 15.9 Å². The van der Waals surface area contributed by atoms with E-state index in [9.17, 15) is 19.2 Å². The highest BCUT2D eigenvalue weighted by Crippen LogP contribution is 2.27. The van der Waals surface area contributed by atoms with Crippen molar-refractivity contribution in [2.45, 2.75) is 31.6 Å². The highest BCUT2D eigenvalue weighted by molar-refractivity contribution is 6.21. The molecule has 42 heavy (non-hydrogen) atoms. The molecule has 0 atom stereocenters. The van der Waals surface area contributed by atoms with Crippen molar-refractivity contribution in [2.24, 2.45) is 0 Å². The standard InChI is InChI=1S/C31H32N4O7/c1-32-29(37)25-16-20(15-21(34-25)14-19-8-3-6-11-26(19)40-2)28(36)33-13-7-12-27-41-17-22(18-42-27)35-30(38)23-9-4-5-10-24(23)31(35)39/h3-6,8-11,15-16,22,27H,7,12-14,17-18H2,1-2H3,(H,32,37)(H,33,36). The Bertz CT molecular complexity index is 1470. The minimum atomic E-state index is -0.512. The molecule has 218 valence electrons. The molecule has 2 aromatic carbocycles. The van der Waals surface area contributed by atoms with E-state index in [0.29, 0.717) is 53.9 Å². The second kappa shape index (κ2) is 12.9. The topological polar surface area (TPSA) is 136 Å². The first kappa shape index (κ1) is 28.9. The predicted octanol–water partition coefficient (Wildman–Crippen LogP) is 2.59. The second-order valence-corrected chi connectivity index (χ2v) is 9.97. The maximum absolute atomic E-state index is 13.0. The van der Waals surface area contributed by atoms with Gasteiger partial charge in [-0.15, -0.1) is 0 Å². The molecule has 0 bridgehead atoms. The lowest BCUT2D eigenvalue weighted by Crippen LogP contribution is -2.49. The van der Waals surface area contributed by atoms with E-state index in [0.717, 1.165) is 5.56 Å². The van der Waals surface area contributed by atoms with Gasteiger partial charge in [-0.05, 0) is 36.8 Å². The molecular weight excluding hydrogens is 540 g/mol. The van der Waals surface area contributed by atoms with Gasteiger partial charge in [-0.3, -0.25) is 24.1 Å². The van der Waals surface area contributed by atoms with Crippen LogP contribution in [0.4, 0.5) is 0 Å². The maximum atomic E-state index is 13.0. The molecule has 0 saturated carbocycles. The Morgan fingerprint density at radius 3 is 2.31 bits per heavy atom. The molecule has 2 N–H and O–H groups in total. The van der Waals surface area contributed by atoms with Crippen LogP contribution in [0, 0.1) is 0 Å². The van der Waals surface area contributed by atoms with Gasteiger partial charge in [0.15, 0.2) is 6.29 Å². The number of aromatic nitrogens is 1. The van der Waals surface area contributed by atoms with Gasteiger partial charge in [0, 0.05) is 43.3 Å². The van der Waals surface area contributed by atoms with Gasteiger partial charge in [0.25, 0.3) is 23.6 Å². The number of amides is 4. The molecule has 0 aliphatic carbocycles. The van der Waals surface area contributed by atoms with Crippen LogP contribution in [0.25, 0.3) is 0 Å². The molecule has 1 aromatic heterocycles. The number of pyridine rings is 1. The summed E-state index contributed by atoms with van der Waals surface area (Å²) in [6.45, 7) is 0.705. The van der Waals surface area contributed by atoms with Gasteiger partial charge in [-0.1, -0.05) is 30.3 Å². The molecule has 3 aromatic rings. The summed E-state index contributed by atoms with van der Waals surface area (Å²) in [6, 6.07) is 16.9. The maximum Gasteiger partial charge on any atom is 0.269 e. The molecular formula is C31H32N4O7. The highest BCUT2D eigenvalue weighted by Gasteiger charge is 2.41. The molecule has 4 amide bonds. The quantitative estimate of drug-likeness (QED) is 0.280. The number of rotatable bonds is 10. The number of methoxy groups -OCH3 is 1. The van der Waals surface area contributed by atoms with Crippen LogP contribution in [0.15, 0.2) is 60.7 Å². The van der Waals surface area contributed by atoms with Crippen molar-refractivity contribution in [2.75, 3.05) is 33.9 Å². The van der Waals surface area contributed by atoms with E-state index in [2.05, 4.69) is 15.6 Å². The Labute approximate surface area is 243 Å². The zero-order valence-corrected chi connectivity index (χ0v) is 23.4. The first-order valence-electron chi connectivity index (χ1n) is 13.7. The summed E-state index contributed by atoms with van der Waals surface area (Å²) in [6.07, 6.45) is 0.943. The van der Waals surface area contributed by atoms with Crippen molar-refractivity contribution in [3.8, 4) is 5.75 Å². The van der Waals surface area contributed by atoms with E-state index in [1.807, 2.05) is 24.3 Å². The first-order valence-corrected chi connectivity index (χ1v) is 13.7. The number of imide groups is 1. The van der Waals surface area contributed by atoms with Crippen molar-refractivity contribution < 1.29 is 33.4 Å². The smallest absolute Gasteiger partial charge is 0.269 e. The molecule has 0 radical (unpaired) electrons. The SMILES string of the molecule is CNC(=O)c1cc(C(=O)NCCCC2OCC(N3C(=O)c4ccccc4C3=O)CO2)cc(Cc2ccccc2OC)n1. The van der Waals surface area contributed by atoms with Gasteiger partial charge < -0.3 is 24.8 Å². The fourth-order valence-electron chi connectivity index (χ4n) is 5.06. The number of carbonyl (C=O) groups excluding carboxylic acids is 4. The summed E-state index contributed by atoms with van der Waals surface area (Å²) in [5, 5.41) is 5.43. The monoisotopic (exact) mass is 572 g/mol. The van der Waals surface area contributed by atoms with Crippen LogP contribution in [0.3, 0.4) is 0 Å². The van der Waals surface area contributed by atoms with Gasteiger partial charge in [0.1, 0.15) is 11.4 Å². The number of fused-ring (bicyclic) bond motifs is 1. The summed E-state index contributed by atoms with van der Waals surface area (Å²) in [7, 11) is 3.09. The van der Waals surface area contributed by atoms with Gasteiger partial charge in [-0.2, -0.15) is 0 Å². The van der Waals surface area contributed by atoms with E-state index in [1.165, 1.54) is 18.0 Å². The number of nitrogens with zero attached hydrogens (tertiary/aromatic N) is 2. The van der Waals surface area contributed by atoms with Gasteiger partial charge in [0.2, 0.25) is 0 Å². The summed E-state index contributed by atoms with van der Waals surface area (Å²) < 4.78 is 17.0. The number of hydrogen-bond acceptors (Lipinski definition) is 8. The Morgan fingerprint density at radius 2 is 1.64 bits per heavy atom. The number of ether oxygens (including phenoxy) is 3. The third-order valence-electron chi connectivity index (χ3n) is 7.21. The lowest BCUT2D eigenvalue weighted by molar-refractivity contribution is -0.199. The first-order chi connectivity index (χ1) is 20.4. The average molecular weight is 573 g/mol. The fourth-order valence-corrected chi connectivity index (χ4v) is 5.06. The molecule has 2 aliphatic heterocycles. The third-order valence-corrected chi connectivity index (χ3v) is 7.21. The zero-order valence-electron chi connectivity index (χ0n) is 23.4. The zero-order chi connectivity index (χ0) is 29.6. The number of benzene rings is 2. The molecule has 2 aliphatic rings. The van der Waals surface area contributed by atoms with Crippen LogP contribution < -0.4 is 15.4 Å². The Balaban J connectivity index is 1.13. The van der Waals surface area contributed by atoms with E-state index in [1.54, 1.807) is 37.4 Å². The van der Waals surface area contributed by atoms with Crippen molar-refractivity contribution >= 4 is 23.6 Å². The second-order valence-electron chi connectivity index (χ2n) is 9.97. The normalized spacial score (nSPS) is 18.0. The fraction of sp³-hybridized carbons (Fsp3) is 0.323. The molecule has 5 rings (SSSR count). The molecule has 0 unspecified atom stereocenters. The van der Waals surface area contributed by atoms with Crippen LogP contribution >= 0.6 is 0 Å². The minimum Gasteiger partial charge on any atom is -0.496 e. The number of carbonyl (C=O) groups is 4. The number of hydrogen-bond donors (Lipinski definition) is 2. The lowest BCUT2D eigenvalue weighted by Gasteiger charge is -2.33. The minimum absolute atomic E-state index is 0.145. The lowest BCUT2D eigenvalue weighted by atomic mass is 10.1. The van der Waals surface area contributed by atoms with E-state index >= 15 is 0 Å². The van der Waals surface area contributed by atoms with Crippen LogP contribution in [0.5, 0.6) is 5.75 Å². The van der Waals surface area contributed by atoms with Crippen molar-refractivity contribution in [3.05, 3.63) is 94.3 Å².